The van der Waals surface area contributed by atoms with Crippen molar-refractivity contribution in [3.05, 3.63) is 34.9 Å². The van der Waals surface area contributed by atoms with Gasteiger partial charge in [-0.15, -0.1) is 0 Å². The third kappa shape index (κ3) is 3.79. The molecule has 1 fully saturated rings. The van der Waals surface area contributed by atoms with Gasteiger partial charge in [0.15, 0.2) is 0 Å². The first kappa shape index (κ1) is 15.0. The lowest BCUT2D eigenvalue weighted by molar-refractivity contribution is -0.135. The van der Waals surface area contributed by atoms with E-state index in [0.29, 0.717) is 26.2 Å². The summed E-state index contributed by atoms with van der Waals surface area (Å²) in [5.41, 5.74) is 8.44. The number of morpholine rings is 1. The molecule has 20 heavy (non-hydrogen) atoms. The first-order chi connectivity index (χ1) is 9.45. The Balaban J connectivity index is 2.00. The van der Waals surface area contributed by atoms with E-state index >= 15 is 0 Å². The minimum absolute atomic E-state index is 0.442. The molecule has 0 aliphatic carbocycles. The fourth-order valence-electron chi connectivity index (χ4n) is 2.59. The van der Waals surface area contributed by atoms with Gasteiger partial charge in [0.25, 0.3) is 0 Å². The van der Waals surface area contributed by atoms with Crippen LogP contribution in [0, 0.1) is 13.8 Å². The lowest BCUT2D eigenvalue weighted by Gasteiger charge is -2.32. The van der Waals surface area contributed by atoms with Crippen molar-refractivity contribution in [3.63, 3.8) is 0 Å². The van der Waals surface area contributed by atoms with Crippen LogP contribution in [-0.4, -0.2) is 48.3 Å². The maximum Gasteiger partial charge on any atom is 0.247 e. The molecule has 3 N–H and O–H groups in total. The Morgan fingerprint density at radius 1 is 1.45 bits per heavy atom. The van der Waals surface area contributed by atoms with Gasteiger partial charge in [0, 0.05) is 19.6 Å². The van der Waals surface area contributed by atoms with Crippen LogP contribution in [-0.2, 0) is 9.53 Å². The summed E-state index contributed by atoms with van der Waals surface area (Å²) in [7, 11) is 0. The molecule has 110 valence electrons. The fourth-order valence-corrected chi connectivity index (χ4v) is 2.59. The number of aliphatic hydroxyl groups excluding tert-OH is 1. The summed E-state index contributed by atoms with van der Waals surface area (Å²) in [6.45, 7) is 6.12. The monoisotopic (exact) mass is 278 g/mol. The molecule has 2 rings (SSSR count). The van der Waals surface area contributed by atoms with Crippen molar-refractivity contribution in [3.8, 4) is 0 Å². The molecular formula is C15H22N2O3. The fraction of sp³-hybridized carbons (Fsp3) is 0.533. The lowest BCUT2D eigenvalue weighted by atomic mass is 10.0. The predicted octanol–water partition coefficient (Wildman–Crippen LogP) is 0.523. The third-order valence-electron chi connectivity index (χ3n) is 3.53. The highest BCUT2D eigenvalue weighted by Gasteiger charge is 2.26. The number of aryl methyl sites for hydroxylation is 2. The zero-order valence-electron chi connectivity index (χ0n) is 12.0. The van der Waals surface area contributed by atoms with Gasteiger partial charge in [0.2, 0.25) is 5.91 Å². The second kappa shape index (κ2) is 6.35. The topological polar surface area (TPSA) is 75.8 Å². The molecule has 1 saturated heterocycles. The number of nitrogens with zero attached hydrogens (tertiary/aromatic N) is 1. The van der Waals surface area contributed by atoms with Crippen molar-refractivity contribution in [1.82, 2.24) is 4.90 Å². The molecule has 0 bridgehead atoms. The summed E-state index contributed by atoms with van der Waals surface area (Å²) >= 11 is 0. The Labute approximate surface area is 119 Å². The Kier molecular flexibility index (Phi) is 4.75. The number of benzene rings is 1. The van der Waals surface area contributed by atoms with E-state index in [2.05, 4.69) is 6.07 Å². The average Bonchev–Trinajstić information content (AvgIpc) is 2.37. The molecule has 1 heterocycles. The van der Waals surface area contributed by atoms with E-state index in [1.807, 2.05) is 30.9 Å². The van der Waals surface area contributed by atoms with Gasteiger partial charge in [-0.2, -0.15) is 0 Å². The second-order valence-corrected chi connectivity index (χ2v) is 5.46. The Bertz CT molecular complexity index is 470. The zero-order chi connectivity index (χ0) is 14.7. The van der Waals surface area contributed by atoms with Gasteiger partial charge >= 0.3 is 0 Å². The van der Waals surface area contributed by atoms with Crippen molar-refractivity contribution in [2.45, 2.75) is 26.1 Å². The molecule has 1 aromatic carbocycles. The van der Waals surface area contributed by atoms with Gasteiger partial charge in [-0.05, 0) is 19.4 Å². The maximum atomic E-state index is 11.2. The largest absolute Gasteiger partial charge is 0.387 e. The van der Waals surface area contributed by atoms with Crippen molar-refractivity contribution >= 4 is 5.91 Å². The van der Waals surface area contributed by atoms with Gasteiger partial charge in [-0.3, -0.25) is 9.69 Å². The molecule has 0 radical (unpaired) electrons. The molecule has 0 saturated carbocycles. The van der Waals surface area contributed by atoms with Crippen LogP contribution in [0.2, 0.25) is 0 Å². The second-order valence-electron chi connectivity index (χ2n) is 5.46. The molecule has 2 unspecified atom stereocenters. The van der Waals surface area contributed by atoms with E-state index in [4.69, 9.17) is 10.5 Å². The summed E-state index contributed by atoms with van der Waals surface area (Å²) in [6, 6.07) is 6.06. The van der Waals surface area contributed by atoms with Crippen LogP contribution >= 0.6 is 0 Å². The number of primary amides is 1. The van der Waals surface area contributed by atoms with Gasteiger partial charge in [-0.1, -0.05) is 29.3 Å². The summed E-state index contributed by atoms with van der Waals surface area (Å²) in [6.07, 6.45) is -1.14. The number of hydrogen-bond donors (Lipinski definition) is 2. The van der Waals surface area contributed by atoms with Crippen LogP contribution in [0.5, 0.6) is 0 Å². The van der Waals surface area contributed by atoms with E-state index in [9.17, 15) is 9.90 Å². The number of aliphatic hydroxyl groups is 1. The summed E-state index contributed by atoms with van der Waals surface area (Å²) in [5, 5.41) is 10.3. The SMILES string of the molecule is Cc1cc(C)cc(C(O)CN2CCOC(C(N)=O)C2)c1. The molecular weight excluding hydrogens is 256 g/mol. The highest BCUT2D eigenvalue weighted by Crippen LogP contribution is 2.19. The first-order valence-corrected chi connectivity index (χ1v) is 6.85. The van der Waals surface area contributed by atoms with Crippen LogP contribution in [0.4, 0.5) is 0 Å². The number of β-amino-alcohol motifs (C(OH)–C–C–N with tert-alkyl or cyclic N) is 1. The molecule has 1 amide bonds. The minimum atomic E-state index is -0.574. The van der Waals surface area contributed by atoms with Crippen LogP contribution in [0.3, 0.4) is 0 Å². The summed E-state index contributed by atoms with van der Waals surface area (Å²) < 4.78 is 5.30. The molecule has 2 atom stereocenters. The molecule has 5 nitrogen and oxygen atoms in total. The molecule has 5 heteroatoms. The highest BCUT2D eigenvalue weighted by atomic mass is 16.5. The number of rotatable bonds is 4. The Morgan fingerprint density at radius 2 is 2.10 bits per heavy atom. The standard InChI is InChI=1S/C15H22N2O3/c1-10-5-11(2)7-12(6-10)13(18)8-17-3-4-20-14(9-17)15(16)19/h5-7,13-14,18H,3-4,8-9H2,1-2H3,(H2,16,19). The van der Waals surface area contributed by atoms with Crippen molar-refractivity contribution in [2.75, 3.05) is 26.2 Å². The van der Waals surface area contributed by atoms with Crippen LogP contribution in [0.25, 0.3) is 0 Å². The molecule has 1 aromatic rings. The number of hydrogen-bond acceptors (Lipinski definition) is 4. The molecule has 0 spiro atoms. The van der Waals surface area contributed by atoms with Crippen molar-refractivity contribution in [1.29, 1.82) is 0 Å². The average molecular weight is 278 g/mol. The minimum Gasteiger partial charge on any atom is -0.387 e. The van der Waals surface area contributed by atoms with Gasteiger partial charge in [-0.25, -0.2) is 0 Å². The van der Waals surface area contributed by atoms with Crippen molar-refractivity contribution < 1.29 is 14.6 Å². The number of nitrogens with two attached hydrogens (primary N) is 1. The molecule has 1 aliphatic rings. The van der Waals surface area contributed by atoms with Crippen LogP contribution in [0.1, 0.15) is 22.8 Å². The zero-order valence-corrected chi connectivity index (χ0v) is 12.0. The first-order valence-electron chi connectivity index (χ1n) is 6.85. The smallest absolute Gasteiger partial charge is 0.247 e. The number of ether oxygens (including phenoxy) is 1. The number of carbonyl (C=O) groups excluding carboxylic acids is 1. The number of carbonyl (C=O) groups is 1. The van der Waals surface area contributed by atoms with E-state index in [0.717, 1.165) is 16.7 Å². The van der Waals surface area contributed by atoms with E-state index in [1.54, 1.807) is 0 Å². The Morgan fingerprint density at radius 3 is 2.70 bits per heavy atom. The third-order valence-corrected chi connectivity index (χ3v) is 3.53. The molecule has 1 aliphatic heterocycles. The van der Waals surface area contributed by atoms with E-state index in [-0.39, 0.29) is 0 Å². The van der Waals surface area contributed by atoms with Crippen LogP contribution in [0.15, 0.2) is 18.2 Å². The molecule has 0 aromatic heterocycles. The summed E-state index contributed by atoms with van der Waals surface area (Å²) in [4.78, 5) is 13.2. The van der Waals surface area contributed by atoms with Gasteiger partial charge < -0.3 is 15.6 Å². The van der Waals surface area contributed by atoms with Crippen LogP contribution < -0.4 is 5.73 Å². The quantitative estimate of drug-likeness (QED) is 0.842. The summed E-state index contributed by atoms with van der Waals surface area (Å²) in [5.74, 6) is -0.449. The van der Waals surface area contributed by atoms with Gasteiger partial charge in [0.05, 0.1) is 12.7 Å². The van der Waals surface area contributed by atoms with Gasteiger partial charge in [0.1, 0.15) is 6.10 Å². The maximum absolute atomic E-state index is 11.2. The lowest BCUT2D eigenvalue weighted by Crippen LogP contribution is -2.49. The normalized spacial score (nSPS) is 21.6. The van der Waals surface area contributed by atoms with E-state index in [1.165, 1.54) is 0 Å². The Hall–Kier alpha value is -1.43. The highest BCUT2D eigenvalue weighted by molar-refractivity contribution is 5.79. The number of amides is 1. The van der Waals surface area contributed by atoms with Crippen molar-refractivity contribution in [2.24, 2.45) is 5.73 Å². The van der Waals surface area contributed by atoms with E-state index < -0.39 is 18.1 Å². The predicted molar refractivity (Wildman–Crippen MR) is 76.3 cm³/mol.